The second-order valence-electron chi connectivity index (χ2n) is 2.12. The quantitative estimate of drug-likeness (QED) is 0.611. The average molecular weight is 344 g/mol. The van der Waals surface area contributed by atoms with Gasteiger partial charge in [0.25, 0.3) is 0 Å². The molecule has 0 spiro atoms. The first kappa shape index (κ1) is 36.7. The Hall–Kier alpha value is -1.20. The Labute approximate surface area is 140 Å². The summed E-state index contributed by atoms with van der Waals surface area (Å²) in [6.07, 6.45) is 0. The molecule has 0 bridgehead atoms. The van der Waals surface area contributed by atoms with Crippen LogP contribution in [-0.4, -0.2) is 5.75 Å². The minimum Gasteiger partial charge on any atom is 0 e. The summed E-state index contributed by atoms with van der Waals surface area (Å²) >= 11 is 1.96. The Balaban J connectivity index is -0.0000000440. The van der Waals surface area contributed by atoms with Crippen LogP contribution in [-0.2, 0) is 46.4 Å². The van der Waals surface area contributed by atoms with E-state index in [9.17, 15) is 0 Å². The summed E-state index contributed by atoms with van der Waals surface area (Å²) in [6, 6.07) is 10.6. The molecule has 0 radical (unpaired) electrons. The molecule has 0 saturated carbocycles. The molecule has 0 aliphatic carbocycles. The number of thioether (sulfide) groups is 1. The average Bonchev–Trinajstić information content (AvgIpc) is 2.63. The summed E-state index contributed by atoms with van der Waals surface area (Å²) in [5.74, 6) is 2.35. The van der Waals surface area contributed by atoms with Gasteiger partial charge in [0.2, 0.25) is 0 Å². The van der Waals surface area contributed by atoms with Gasteiger partial charge in [-0.1, -0.05) is 37.3 Å². The van der Waals surface area contributed by atoms with Crippen LogP contribution in [0.4, 0.5) is 0 Å². The zero-order chi connectivity index (χ0) is 17.2. The largest absolute Gasteiger partial charge is 0 e. The van der Waals surface area contributed by atoms with Gasteiger partial charge in [0.05, 0.1) is 0 Å². The van der Waals surface area contributed by atoms with Crippen molar-refractivity contribution in [2.45, 2.75) is 12.7 Å². The van der Waals surface area contributed by atoms with Crippen molar-refractivity contribution in [3.8, 4) is 0 Å². The molecular formula is C14H12CrO5S. The predicted octanol–water partition coefficient (Wildman–Crippen LogP) is 2.75. The molecule has 0 aliphatic heterocycles. The van der Waals surface area contributed by atoms with Gasteiger partial charge >= 0.3 is 56.5 Å². The molecule has 0 heterocycles. The number of benzene rings is 1. The van der Waals surface area contributed by atoms with Crippen molar-refractivity contribution in [2.24, 2.45) is 0 Å². The molecule has 110 valence electrons. The van der Waals surface area contributed by atoms with E-state index >= 15 is 0 Å². The summed E-state index contributed by atoms with van der Waals surface area (Å²) in [5.41, 5.74) is 1.43. The van der Waals surface area contributed by atoms with Crippen molar-refractivity contribution in [3.05, 3.63) is 69.1 Å². The first-order valence-electron chi connectivity index (χ1n) is 4.57. The van der Waals surface area contributed by atoms with Gasteiger partial charge in [-0.2, -0.15) is 11.8 Å². The third kappa shape index (κ3) is 45.5. The zero-order valence-corrected chi connectivity index (χ0v) is 13.3. The van der Waals surface area contributed by atoms with E-state index in [1.165, 1.54) is 11.3 Å². The van der Waals surface area contributed by atoms with Crippen LogP contribution in [0.15, 0.2) is 30.3 Å². The fourth-order valence-electron chi connectivity index (χ4n) is 0.794. The van der Waals surface area contributed by atoms with Crippen LogP contribution in [0.1, 0.15) is 12.5 Å². The van der Waals surface area contributed by atoms with Crippen LogP contribution < -0.4 is 0 Å². The van der Waals surface area contributed by atoms with Crippen molar-refractivity contribution >= 4 is 11.8 Å². The smallest absolute Gasteiger partial charge is 0 e. The Kier molecular flexibility index (Phi) is 109. The molecular weight excluding hydrogens is 332 g/mol. The monoisotopic (exact) mass is 344 g/mol. The summed E-state index contributed by atoms with van der Waals surface area (Å²) in [4.78, 5) is 0. The van der Waals surface area contributed by atoms with Gasteiger partial charge in [0.15, 0.2) is 0 Å². The van der Waals surface area contributed by atoms with Crippen LogP contribution in [0, 0.1) is 33.3 Å². The number of hydrogen-bond donors (Lipinski definition) is 0. The summed E-state index contributed by atoms with van der Waals surface area (Å²) in [7, 11) is 0. The van der Waals surface area contributed by atoms with Gasteiger partial charge in [-0.15, -0.1) is 0 Å². The van der Waals surface area contributed by atoms with Gasteiger partial charge in [-0.05, 0) is 11.3 Å². The van der Waals surface area contributed by atoms with Crippen molar-refractivity contribution in [1.29, 1.82) is 0 Å². The van der Waals surface area contributed by atoms with E-state index in [-0.39, 0.29) is 17.4 Å². The van der Waals surface area contributed by atoms with Gasteiger partial charge in [0.1, 0.15) is 0 Å². The molecule has 0 fully saturated rings. The van der Waals surface area contributed by atoms with Gasteiger partial charge < -0.3 is 0 Å². The maximum atomic E-state index is 7.50. The van der Waals surface area contributed by atoms with E-state index in [4.69, 9.17) is 23.3 Å². The van der Waals surface area contributed by atoms with Crippen molar-refractivity contribution in [3.63, 3.8) is 0 Å². The van der Waals surface area contributed by atoms with Gasteiger partial charge in [-0.3, -0.25) is 0 Å². The van der Waals surface area contributed by atoms with Crippen molar-refractivity contribution in [1.82, 2.24) is 0 Å². The number of rotatable bonds is 3. The SMILES string of the molecule is CCSCc1ccccc1.[C-]#[O+].[C-]#[O+].[C-]#[O+].[C-]#[O+].[C-]#[O+].[Cr]. The van der Waals surface area contributed by atoms with E-state index < -0.39 is 0 Å². The van der Waals surface area contributed by atoms with Crippen LogP contribution in [0.3, 0.4) is 0 Å². The van der Waals surface area contributed by atoms with Crippen molar-refractivity contribution < 1.29 is 40.6 Å². The maximum Gasteiger partial charge on any atom is 0 e. The third-order valence-corrected chi connectivity index (χ3v) is 2.26. The molecule has 0 atom stereocenters. The molecule has 0 amide bonds. The summed E-state index contributed by atoms with van der Waals surface area (Å²) < 4.78 is 37.5. The third-order valence-electron chi connectivity index (χ3n) is 1.32. The molecule has 0 N–H and O–H groups in total. The Morgan fingerprint density at radius 3 is 1.38 bits per heavy atom. The minimum absolute atomic E-state index is 0. The molecule has 21 heavy (non-hydrogen) atoms. The fourth-order valence-corrected chi connectivity index (χ4v) is 1.43. The standard InChI is InChI=1S/C9H12S.5CO.Cr/c1-2-10-8-9-6-4-3-5-7-9;5*1-2;/h3-7H,2,8H2,1H3;;;;;;. The van der Waals surface area contributed by atoms with E-state index in [1.807, 2.05) is 11.8 Å². The minimum atomic E-state index is 0. The molecule has 1 rings (SSSR count). The number of hydrogen-bond acceptors (Lipinski definition) is 1. The van der Waals surface area contributed by atoms with Crippen LogP contribution >= 0.6 is 11.8 Å². The normalized spacial score (nSPS) is 5.10. The Morgan fingerprint density at radius 1 is 0.762 bits per heavy atom. The van der Waals surface area contributed by atoms with Crippen LogP contribution in [0.2, 0.25) is 0 Å². The maximum absolute atomic E-state index is 7.50. The van der Waals surface area contributed by atoms with Crippen LogP contribution in [0.25, 0.3) is 0 Å². The van der Waals surface area contributed by atoms with Crippen LogP contribution in [0.5, 0.6) is 0 Å². The van der Waals surface area contributed by atoms with Crippen molar-refractivity contribution in [2.75, 3.05) is 5.75 Å². The zero-order valence-electron chi connectivity index (χ0n) is 11.2. The fraction of sp³-hybridized carbons (Fsp3) is 0.214. The molecule has 7 heteroatoms. The first-order chi connectivity index (χ1) is 9.93. The molecule has 1 aromatic rings. The predicted molar refractivity (Wildman–Crippen MR) is 67.9 cm³/mol. The van der Waals surface area contributed by atoms with E-state index in [1.54, 1.807) is 0 Å². The molecule has 0 aliphatic rings. The second-order valence-corrected chi connectivity index (χ2v) is 3.40. The molecule has 0 aromatic heterocycles. The van der Waals surface area contributed by atoms with E-state index in [2.05, 4.69) is 70.5 Å². The molecule has 5 nitrogen and oxygen atoms in total. The Bertz CT molecular complexity index is 322. The van der Waals surface area contributed by atoms with Gasteiger partial charge in [0, 0.05) is 23.1 Å². The summed E-state index contributed by atoms with van der Waals surface area (Å²) in [6.45, 7) is 24.7. The summed E-state index contributed by atoms with van der Waals surface area (Å²) in [5, 5.41) is 0. The Morgan fingerprint density at radius 2 is 1.10 bits per heavy atom. The topological polar surface area (TPSA) is 99.5 Å². The first-order valence-corrected chi connectivity index (χ1v) is 5.72. The second kappa shape index (κ2) is 62.0. The van der Waals surface area contributed by atoms with E-state index in [0.717, 1.165) is 5.75 Å². The van der Waals surface area contributed by atoms with E-state index in [0.29, 0.717) is 0 Å². The molecule has 0 unspecified atom stereocenters. The molecule has 1 aromatic carbocycles. The van der Waals surface area contributed by atoms with Gasteiger partial charge in [-0.25, -0.2) is 0 Å². The molecule has 0 saturated heterocycles.